The first-order valence-corrected chi connectivity index (χ1v) is 6.74. The summed E-state index contributed by atoms with van der Waals surface area (Å²) in [6, 6.07) is 8.10. The summed E-state index contributed by atoms with van der Waals surface area (Å²) in [4.78, 5) is 0. The summed E-state index contributed by atoms with van der Waals surface area (Å²) in [5.41, 5.74) is 7.40. The zero-order valence-electron chi connectivity index (χ0n) is 9.51. The van der Waals surface area contributed by atoms with Gasteiger partial charge in [0.1, 0.15) is 17.3 Å². The predicted octanol–water partition coefficient (Wildman–Crippen LogP) is 5.03. The summed E-state index contributed by atoms with van der Waals surface area (Å²) in [5, 5.41) is 0. The van der Waals surface area contributed by atoms with E-state index in [1.54, 1.807) is 18.2 Å². The topological polar surface area (TPSA) is 35.2 Å². The zero-order chi connectivity index (χ0) is 13.3. The van der Waals surface area contributed by atoms with Gasteiger partial charge in [-0.05, 0) is 74.7 Å². The monoisotopic (exact) mass is 373 g/mol. The van der Waals surface area contributed by atoms with Crippen LogP contribution in [-0.4, -0.2) is 0 Å². The van der Waals surface area contributed by atoms with Crippen LogP contribution in [0.2, 0.25) is 0 Å². The van der Waals surface area contributed by atoms with Crippen molar-refractivity contribution in [2.75, 3.05) is 5.73 Å². The van der Waals surface area contributed by atoms with Crippen molar-refractivity contribution in [3.05, 3.63) is 50.7 Å². The third kappa shape index (κ3) is 2.84. The Morgan fingerprint density at radius 3 is 2.50 bits per heavy atom. The molecule has 0 bridgehead atoms. The summed E-state index contributed by atoms with van der Waals surface area (Å²) in [7, 11) is 0. The van der Waals surface area contributed by atoms with E-state index in [4.69, 9.17) is 10.5 Å². The highest BCUT2D eigenvalue weighted by atomic mass is 79.9. The highest BCUT2D eigenvalue weighted by Crippen LogP contribution is 2.34. The van der Waals surface area contributed by atoms with Crippen LogP contribution in [0.4, 0.5) is 10.1 Å². The van der Waals surface area contributed by atoms with Gasteiger partial charge in [0.2, 0.25) is 0 Å². The van der Waals surface area contributed by atoms with Crippen LogP contribution in [-0.2, 0) is 0 Å². The molecule has 0 atom stereocenters. The van der Waals surface area contributed by atoms with Crippen molar-refractivity contribution in [1.82, 2.24) is 0 Å². The van der Waals surface area contributed by atoms with Gasteiger partial charge in [-0.1, -0.05) is 0 Å². The second-order valence-corrected chi connectivity index (χ2v) is 5.53. The normalized spacial score (nSPS) is 10.4. The lowest BCUT2D eigenvalue weighted by Crippen LogP contribution is -1.92. The van der Waals surface area contributed by atoms with Crippen molar-refractivity contribution < 1.29 is 9.13 Å². The Balaban J connectivity index is 2.34. The Morgan fingerprint density at radius 1 is 1.11 bits per heavy atom. The molecule has 0 unspecified atom stereocenters. The van der Waals surface area contributed by atoms with Crippen LogP contribution in [0.3, 0.4) is 0 Å². The Bertz CT molecular complexity index is 602. The van der Waals surface area contributed by atoms with Crippen LogP contribution in [0, 0.1) is 12.7 Å². The standard InChI is InChI=1S/C13H10Br2FNO/c1-7-4-13(10(15)6-12(7)17)18-8-2-3-11(16)9(14)5-8/h2-6H,17H2,1H3. The van der Waals surface area contributed by atoms with Crippen molar-refractivity contribution in [3.8, 4) is 11.5 Å². The average molecular weight is 375 g/mol. The molecule has 0 saturated carbocycles. The molecule has 2 aromatic carbocycles. The summed E-state index contributed by atoms with van der Waals surface area (Å²) in [6.07, 6.45) is 0. The second-order valence-electron chi connectivity index (χ2n) is 3.82. The zero-order valence-corrected chi connectivity index (χ0v) is 12.7. The van der Waals surface area contributed by atoms with E-state index < -0.39 is 0 Å². The molecule has 0 aliphatic carbocycles. The molecule has 0 radical (unpaired) electrons. The molecule has 0 fully saturated rings. The fourth-order valence-corrected chi connectivity index (χ4v) is 2.22. The third-order valence-corrected chi connectivity index (χ3v) is 3.67. The highest BCUT2D eigenvalue weighted by molar-refractivity contribution is 9.10. The predicted molar refractivity (Wildman–Crippen MR) is 77.5 cm³/mol. The number of hydrogen-bond acceptors (Lipinski definition) is 2. The molecule has 0 aliphatic heterocycles. The van der Waals surface area contributed by atoms with Crippen molar-refractivity contribution in [3.63, 3.8) is 0 Å². The molecule has 0 spiro atoms. The van der Waals surface area contributed by atoms with Crippen LogP contribution in [0.15, 0.2) is 39.3 Å². The van der Waals surface area contributed by atoms with E-state index in [9.17, 15) is 4.39 Å². The van der Waals surface area contributed by atoms with Gasteiger partial charge in [-0.25, -0.2) is 4.39 Å². The Labute approximate surface area is 121 Å². The summed E-state index contributed by atoms with van der Waals surface area (Å²) < 4.78 is 19.9. The smallest absolute Gasteiger partial charge is 0.142 e. The van der Waals surface area contributed by atoms with Crippen LogP contribution in [0.5, 0.6) is 11.5 Å². The SMILES string of the molecule is Cc1cc(Oc2ccc(F)c(Br)c2)c(Br)cc1N. The lowest BCUT2D eigenvalue weighted by Gasteiger charge is -2.10. The van der Waals surface area contributed by atoms with Gasteiger partial charge >= 0.3 is 0 Å². The van der Waals surface area contributed by atoms with Crippen LogP contribution < -0.4 is 10.5 Å². The molecule has 18 heavy (non-hydrogen) atoms. The lowest BCUT2D eigenvalue weighted by atomic mass is 10.2. The van der Waals surface area contributed by atoms with Crippen molar-refractivity contribution in [2.45, 2.75) is 6.92 Å². The number of nitrogens with two attached hydrogens (primary N) is 1. The largest absolute Gasteiger partial charge is 0.456 e. The number of ether oxygens (including phenoxy) is 1. The third-order valence-electron chi connectivity index (χ3n) is 2.44. The van der Waals surface area contributed by atoms with Gasteiger partial charge in [0.25, 0.3) is 0 Å². The van der Waals surface area contributed by atoms with E-state index in [-0.39, 0.29) is 5.82 Å². The summed E-state index contributed by atoms with van der Waals surface area (Å²) in [6.45, 7) is 1.90. The van der Waals surface area contributed by atoms with Gasteiger partial charge in [-0.3, -0.25) is 0 Å². The number of halogens is 3. The van der Waals surface area contributed by atoms with Gasteiger partial charge in [0, 0.05) is 5.69 Å². The molecular weight excluding hydrogens is 365 g/mol. The lowest BCUT2D eigenvalue weighted by molar-refractivity contribution is 0.476. The molecular formula is C13H10Br2FNO. The average Bonchev–Trinajstić information content (AvgIpc) is 2.31. The number of rotatable bonds is 2. The second kappa shape index (κ2) is 5.28. The molecule has 0 saturated heterocycles. The first-order valence-electron chi connectivity index (χ1n) is 5.16. The molecule has 0 aliphatic rings. The number of aryl methyl sites for hydroxylation is 1. The van der Waals surface area contributed by atoms with Crippen LogP contribution in [0.25, 0.3) is 0 Å². The van der Waals surface area contributed by atoms with Gasteiger partial charge < -0.3 is 10.5 Å². The van der Waals surface area contributed by atoms with Crippen molar-refractivity contribution in [2.24, 2.45) is 0 Å². The van der Waals surface area contributed by atoms with E-state index in [1.807, 2.05) is 13.0 Å². The fraction of sp³-hybridized carbons (Fsp3) is 0.0769. The molecule has 0 aromatic heterocycles. The fourth-order valence-electron chi connectivity index (χ4n) is 1.42. The maximum atomic E-state index is 13.1. The van der Waals surface area contributed by atoms with Gasteiger partial charge in [-0.15, -0.1) is 0 Å². The number of hydrogen-bond donors (Lipinski definition) is 1. The summed E-state index contributed by atoms with van der Waals surface area (Å²) in [5.74, 6) is 0.864. The summed E-state index contributed by atoms with van der Waals surface area (Å²) >= 11 is 6.50. The van der Waals surface area contributed by atoms with Gasteiger partial charge in [0.05, 0.1) is 8.95 Å². The van der Waals surface area contributed by atoms with Gasteiger partial charge in [0.15, 0.2) is 0 Å². The minimum atomic E-state index is -0.324. The van der Waals surface area contributed by atoms with Crippen molar-refractivity contribution in [1.29, 1.82) is 0 Å². The number of anilines is 1. The molecule has 2 N–H and O–H groups in total. The van der Waals surface area contributed by atoms with Crippen molar-refractivity contribution >= 4 is 37.5 Å². The van der Waals surface area contributed by atoms with E-state index in [2.05, 4.69) is 31.9 Å². The molecule has 94 valence electrons. The molecule has 5 heteroatoms. The highest BCUT2D eigenvalue weighted by Gasteiger charge is 2.07. The number of nitrogen functional groups attached to an aromatic ring is 1. The Kier molecular flexibility index (Phi) is 3.92. The first-order chi connectivity index (χ1) is 8.47. The molecule has 0 heterocycles. The molecule has 2 nitrogen and oxygen atoms in total. The first kappa shape index (κ1) is 13.4. The Morgan fingerprint density at radius 2 is 1.83 bits per heavy atom. The van der Waals surface area contributed by atoms with Crippen LogP contribution in [0.1, 0.15) is 5.56 Å². The minimum absolute atomic E-state index is 0.324. The maximum absolute atomic E-state index is 13.1. The maximum Gasteiger partial charge on any atom is 0.142 e. The Hall–Kier alpha value is -1.07. The van der Waals surface area contributed by atoms with E-state index in [0.29, 0.717) is 21.7 Å². The van der Waals surface area contributed by atoms with E-state index >= 15 is 0 Å². The van der Waals surface area contributed by atoms with E-state index in [1.165, 1.54) is 6.07 Å². The quantitative estimate of drug-likeness (QED) is 0.748. The minimum Gasteiger partial charge on any atom is -0.456 e. The number of benzene rings is 2. The van der Waals surface area contributed by atoms with Gasteiger partial charge in [-0.2, -0.15) is 0 Å². The molecule has 0 amide bonds. The molecule has 2 aromatic rings. The molecule has 2 rings (SSSR count). The van der Waals surface area contributed by atoms with E-state index in [0.717, 1.165) is 10.0 Å². The van der Waals surface area contributed by atoms with Crippen LogP contribution >= 0.6 is 31.9 Å².